The maximum absolute atomic E-state index is 13.9. The van der Waals surface area contributed by atoms with Gasteiger partial charge >= 0.3 is 0 Å². The van der Waals surface area contributed by atoms with E-state index in [4.69, 9.17) is 0 Å². The zero-order chi connectivity index (χ0) is 14.7. The van der Waals surface area contributed by atoms with Gasteiger partial charge in [-0.2, -0.15) is 0 Å². The minimum Gasteiger partial charge on any atom is -0.364 e. The molecule has 110 valence electrons. The first-order chi connectivity index (χ1) is 9.51. The third kappa shape index (κ3) is 3.33. The molecule has 1 heterocycles. The van der Waals surface area contributed by atoms with Gasteiger partial charge in [0, 0.05) is 38.3 Å². The van der Waals surface area contributed by atoms with E-state index < -0.39 is 11.6 Å². The molecule has 0 aromatic heterocycles. The Balaban J connectivity index is 2.09. The minimum atomic E-state index is -0.663. The summed E-state index contributed by atoms with van der Waals surface area (Å²) in [5.41, 5.74) is 0.0157. The molecule has 0 spiro atoms. The normalized spacial score (nSPS) is 16.8. The fourth-order valence-electron chi connectivity index (χ4n) is 2.63. The fourth-order valence-corrected chi connectivity index (χ4v) is 2.63. The first kappa shape index (κ1) is 14.9. The van der Waals surface area contributed by atoms with Crippen LogP contribution < -0.4 is 4.90 Å². The van der Waals surface area contributed by atoms with Crippen molar-refractivity contribution in [2.24, 2.45) is 5.92 Å². The van der Waals surface area contributed by atoms with E-state index in [9.17, 15) is 13.6 Å². The molecule has 0 N–H and O–H groups in total. The van der Waals surface area contributed by atoms with Crippen LogP contribution in [0.4, 0.5) is 14.5 Å². The van der Waals surface area contributed by atoms with Crippen LogP contribution in [0.5, 0.6) is 0 Å². The number of aldehydes is 1. The number of halogens is 2. The third-order valence-electron chi connectivity index (χ3n) is 3.49. The first-order valence-electron chi connectivity index (χ1n) is 6.92. The molecular weight excluding hydrogens is 262 g/mol. The summed E-state index contributed by atoms with van der Waals surface area (Å²) in [6.45, 7) is 8.11. The molecule has 0 unspecified atom stereocenters. The number of rotatable bonds is 4. The second-order valence-electron chi connectivity index (χ2n) is 5.63. The molecule has 1 aliphatic rings. The van der Waals surface area contributed by atoms with Crippen molar-refractivity contribution >= 4 is 12.0 Å². The quantitative estimate of drug-likeness (QED) is 0.793. The van der Waals surface area contributed by atoms with Gasteiger partial charge in [0.1, 0.15) is 23.6 Å². The van der Waals surface area contributed by atoms with Crippen molar-refractivity contribution in [2.75, 3.05) is 37.6 Å². The predicted octanol–water partition coefficient (Wildman–Crippen LogP) is 2.56. The second-order valence-corrected chi connectivity index (χ2v) is 5.63. The van der Waals surface area contributed by atoms with Gasteiger partial charge in [-0.3, -0.25) is 9.69 Å². The molecule has 20 heavy (non-hydrogen) atoms. The molecule has 1 saturated heterocycles. The molecule has 1 fully saturated rings. The van der Waals surface area contributed by atoms with Crippen molar-refractivity contribution in [1.29, 1.82) is 0 Å². The Bertz CT molecular complexity index is 460. The average molecular weight is 282 g/mol. The maximum Gasteiger partial charge on any atom is 0.150 e. The molecule has 0 saturated carbocycles. The highest BCUT2D eigenvalue weighted by atomic mass is 19.1. The molecule has 0 amide bonds. The highest BCUT2D eigenvalue weighted by Crippen LogP contribution is 2.25. The van der Waals surface area contributed by atoms with E-state index in [0.717, 1.165) is 31.8 Å². The number of carbonyl (C=O) groups excluding carboxylic acids is 1. The predicted molar refractivity (Wildman–Crippen MR) is 75.2 cm³/mol. The lowest BCUT2D eigenvalue weighted by Gasteiger charge is -2.37. The zero-order valence-electron chi connectivity index (χ0n) is 11.9. The molecule has 0 radical (unpaired) electrons. The molecule has 1 aromatic rings. The van der Waals surface area contributed by atoms with Crippen LogP contribution in [0.1, 0.15) is 24.2 Å². The smallest absolute Gasteiger partial charge is 0.150 e. The van der Waals surface area contributed by atoms with E-state index in [-0.39, 0.29) is 11.3 Å². The molecular formula is C15H20F2N2O. The van der Waals surface area contributed by atoms with Crippen molar-refractivity contribution in [1.82, 2.24) is 4.90 Å². The number of hydrogen-bond donors (Lipinski definition) is 0. The number of carbonyl (C=O) groups is 1. The monoisotopic (exact) mass is 282 g/mol. The fraction of sp³-hybridized carbons (Fsp3) is 0.533. The van der Waals surface area contributed by atoms with Crippen LogP contribution in [0, 0.1) is 17.6 Å². The summed E-state index contributed by atoms with van der Waals surface area (Å²) < 4.78 is 27.9. The number of anilines is 1. The van der Waals surface area contributed by atoms with E-state index in [1.54, 1.807) is 4.90 Å². The highest BCUT2D eigenvalue weighted by molar-refractivity contribution is 5.76. The Morgan fingerprint density at radius 1 is 1.15 bits per heavy atom. The maximum atomic E-state index is 13.9. The number of benzene rings is 1. The number of piperazine rings is 1. The molecule has 0 bridgehead atoms. The van der Waals surface area contributed by atoms with Crippen molar-refractivity contribution in [2.45, 2.75) is 13.8 Å². The third-order valence-corrected chi connectivity index (χ3v) is 3.49. The SMILES string of the molecule is CC(C)CN1CCN(c2c(F)cc(C=O)cc2F)CC1. The van der Waals surface area contributed by atoms with Gasteiger partial charge in [-0.1, -0.05) is 13.8 Å². The van der Waals surface area contributed by atoms with Gasteiger partial charge in [0.2, 0.25) is 0 Å². The molecule has 5 heteroatoms. The summed E-state index contributed by atoms with van der Waals surface area (Å²) >= 11 is 0. The Labute approximate surface area is 118 Å². The van der Waals surface area contributed by atoms with Gasteiger partial charge in [-0.05, 0) is 18.1 Å². The number of nitrogens with zero attached hydrogens (tertiary/aromatic N) is 2. The lowest BCUT2D eigenvalue weighted by Crippen LogP contribution is -2.48. The van der Waals surface area contributed by atoms with E-state index in [1.165, 1.54) is 0 Å². The van der Waals surface area contributed by atoms with Gasteiger partial charge in [0.15, 0.2) is 0 Å². The lowest BCUT2D eigenvalue weighted by molar-refractivity contribution is 0.112. The van der Waals surface area contributed by atoms with Crippen LogP contribution in [0.25, 0.3) is 0 Å². The topological polar surface area (TPSA) is 23.6 Å². The Morgan fingerprint density at radius 2 is 1.70 bits per heavy atom. The molecule has 2 rings (SSSR count). The summed E-state index contributed by atoms with van der Waals surface area (Å²) in [6, 6.07) is 2.18. The van der Waals surface area contributed by atoms with E-state index in [1.807, 2.05) is 0 Å². The van der Waals surface area contributed by atoms with Crippen LogP contribution in [0.3, 0.4) is 0 Å². The van der Waals surface area contributed by atoms with Crippen LogP contribution in [-0.4, -0.2) is 43.9 Å². The number of hydrogen-bond acceptors (Lipinski definition) is 3. The molecule has 3 nitrogen and oxygen atoms in total. The van der Waals surface area contributed by atoms with Crippen molar-refractivity contribution in [3.8, 4) is 0 Å². The van der Waals surface area contributed by atoms with Crippen LogP contribution in [0.2, 0.25) is 0 Å². The summed E-state index contributed by atoms with van der Waals surface area (Å²) in [4.78, 5) is 14.6. The highest BCUT2D eigenvalue weighted by Gasteiger charge is 2.23. The second kappa shape index (κ2) is 6.31. The first-order valence-corrected chi connectivity index (χ1v) is 6.92. The van der Waals surface area contributed by atoms with Gasteiger partial charge in [0.05, 0.1) is 0 Å². The zero-order valence-corrected chi connectivity index (χ0v) is 11.9. The van der Waals surface area contributed by atoms with Crippen LogP contribution >= 0.6 is 0 Å². The largest absolute Gasteiger partial charge is 0.364 e. The Kier molecular flexibility index (Phi) is 4.70. The van der Waals surface area contributed by atoms with Gasteiger partial charge in [-0.25, -0.2) is 8.78 Å². The molecule has 0 atom stereocenters. The summed E-state index contributed by atoms with van der Waals surface area (Å²) in [5, 5.41) is 0. The van der Waals surface area contributed by atoms with Gasteiger partial charge < -0.3 is 4.90 Å². The summed E-state index contributed by atoms with van der Waals surface area (Å²) in [5.74, 6) is -0.740. The standard InChI is InChI=1S/C15H20F2N2O/c1-11(2)9-18-3-5-19(6-4-18)15-13(16)7-12(10-20)8-14(15)17/h7-8,10-11H,3-6,9H2,1-2H3. The van der Waals surface area contributed by atoms with Crippen LogP contribution in [0.15, 0.2) is 12.1 Å². The van der Waals surface area contributed by atoms with E-state index in [0.29, 0.717) is 25.3 Å². The summed E-state index contributed by atoms with van der Waals surface area (Å²) in [7, 11) is 0. The molecule has 0 aliphatic carbocycles. The summed E-state index contributed by atoms with van der Waals surface area (Å²) in [6.07, 6.45) is 0.455. The lowest BCUT2D eigenvalue weighted by atomic mass is 10.1. The van der Waals surface area contributed by atoms with Crippen molar-refractivity contribution in [3.63, 3.8) is 0 Å². The van der Waals surface area contributed by atoms with Crippen LogP contribution in [-0.2, 0) is 0 Å². The van der Waals surface area contributed by atoms with Crippen molar-refractivity contribution < 1.29 is 13.6 Å². The van der Waals surface area contributed by atoms with E-state index in [2.05, 4.69) is 18.7 Å². The Hall–Kier alpha value is -1.49. The minimum absolute atomic E-state index is 0.0141. The average Bonchev–Trinajstić information content (AvgIpc) is 2.39. The molecule has 1 aromatic carbocycles. The van der Waals surface area contributed by atoms with Gasteiger partial charge in [0.25, 0.3) is 0 Å². The Morgan fingerprint density at radius 3 is 2.15 bits per heavy atom. The van der Waals surface area contributed by atoms with E-state index >= 15 is 0 Å². The van der Waals surface area contributed by atoms with Crippen molar-refractivity contribution in [3.05, 3.63) is 29.3 Å². The van der Waals surface area contributed by atoms with Gasteiger partial charge in [-0.15, -0.1) is 0 Å². The molecule has 1 aliphatic heterocycles.